The number of hydrogen-bond acceptors (Lipinski definition) is 4. The van der Waals surface area contributed by atoms with Crippen molar-refractivity contribution in [3.63, 3.8) is 0 Å². The first kappa shape index (κ1) is 13.5. The summed E-state index contributed by atoms with van der Waals surface area (Å²) in [5, 5.41) is 11.9. The maximum atomic E-state index is 11.8. The molecule has 6 heteroatoms. The molecule has 6 nitrogen and oxygen atoms in total. The molecule has 0 aromatic carbocycles. The minimum Gasteiger partial charge on any atom is -0.481 e. The molecule has 2 rings (SSSR count). The molecule has 1 heterocycles. The third kappa shape index (κ3) is 3.49. The van der Waals surface area contributed by atoms with Gasteiger partial charge in [-0.05, 0) is 18.8 Å². The number of amides is 1. The minimum atomic E-state index is -0.765. The Balaban J connectivity index is 1.90. The molecule has 2 N–H and O–H groups in total. The lowest BCUT2D eigenvalue weighted by Crippen LogP contribution is -2.37. The first-order valence-corrected chi connectivity index (χ1v) is 6.45. The van der Waals surface area contributed by atoms with Crippen molar-refractivity contribution >= 4 is 11.9 Å². The van der Waals surface area contributed by atoms with Crippen LogP contribution >= 0.6 is 0 Å². The summed E-state index contributed by atoms with van der Waals surface area (Å²) in [6, 6.07) is 0. The molecule has 0 spiro atoms. The second-order valence-corrected chi connectivity index (χ2v) is 4.79. The fourth-order valence-corrected chi connectivity index (χ4v) is 2.51. The normalized spacial score (nSPS) is 22.7. The van der Waals surface area contributed by atoms with Crippen LogP contribution in [0.15, 0.2) is 18.6 Å². The molecule has 1 aromatic heterocycles. The van der Waals surface area contributed by atoms with Gasteiger partial charge in [0.05, 0.1) is 12.1 Å². The highest BCUT2D eigenvalue weighted by Gasteiger charge is 2.30. The monoisotopic (exact) mass is 263 g/mol. The number of hydrogen-bond donors (Lipinski definition) is 2. The number of nitrogens with zero attached hydrogens (tertiary/aromatic N) is 2. The van der Waals surface area contributed by atoms with E-state index in [0.717, 1.165) is 19.3 Å². The fourth-order valence-electron chi connectivity index (χ4n) is 2.51. The Bertz CT molecular complexity index is 450. The Kier molecular flexibility index (Phi) is 4.43. The number of aliphatic carboxylic acids is 1. The average Bonchev–Trinajstić information content (AvgIpc) is 2.46. The van der Waals surface area contributed by atoms with Crippen LogP contribution in [0.1, 0.15) is 36.2 Å². The van der Waals surface area contributed by atoms with E-state index in [1.165, 1.54) is 18.6 Å². The highest BCUT2D eigenvalue weighted by Crippen LogP contribution is 2.29. The Morgan fingerprint density at radius 1 is 1.32 bits per heavy atom. The lowest BCUT2D eigenvalue weighted by molar-refractivity contribution is -0.144. The molecule has 0 aliphatic heterocycles. The Labute approximate surface area is 111 Å². The third-order valence-electron chi connectivity index (χ3n) is 3.55. The first-order valence-electron chi connectivity index (χ1n) is 6.45. The maximum Gasteiger partial charge on any atom is 0.306 e. The standard InChI is InChI=1S/C13H17N3O3/c17-12(11-8-14-5-6-15-11)16-7-9-3-1-2-4-10(9)13(18)19/h5-6,8-10H,1-4,7H2,(H,16,17)(H,18,19)/t9-,10-/m0/s1. The van der Waals surface area contributed by atoms with Gasteiger partial charge in [0, 0.05) is 18.9 Å². The van der Waals surface area contributed by atoms with Gasteiger partial charge in [-0.15, -0.1) is 0 Å². The molecule has 2 atom stereocenters. The zero-order valence-electron chi connectivity index (χ0n) is 10.6. The van der Waals surface area contributed by atoms with Gasteiger partial charge in [-0.1, -0.05) is 12.8 Å². The summed E-state index contributed by atoms with van der Waals surface area (Å²) in [7, 11) is 0. The van der Waals surface area contributed by atoms with Crippen molar-refractivity contribution in [2.75, 3.05) is 6.54 Å². The lowest BCUT2D eigenvalue weighted by Gasteiger charge is -2.28. The molecule has 1 amide bonds. The molecule has 19 heavy (non-hydrogen) atoms. The molecule has 102 valence electrons. The van der Waals surface area contributed by atoms with Crippen LogP contribution in [0.4, 0.5) is 0 Å². The van der Waals surface area contributed by atoms with Gasteiger partial charge < -0.3 is 10.4 Å². The first-order chi connectivity index (χ1) is 9.18. The van der Waals surface area contributed by atoms with Gasteiger partial charge in [-0.25, -0.2) is 4.98 Å². The van der Waals surface area contributed by atoms with Crippen LogP contribution < -0.4 is 5.32 Å². The summed E-state index contributed by atoms with van der Waals surface area (Å²) < 4.78 is 0. The van der Waals surface area contributed by atoms with Crippen LogP contribution in [-0.2, 0) is 4.79 Å². The molecule has 1 aliphatic rings. The molecule has 0 radical (unpaired) electrons. The topological polar surface area (TPSA) is 92.2 Å². The number of aromatic nitrogens is 2. The predicted octanol–water partition coefficient (Wildman–Crippen LogP) is 1.10. The van der Waals surface area contributed by atoms with Crippen molar-refractivity contribution in [1.29, 1.82) is 0 Å². The lowest BCUT2D eigenvalue weighted by atomic mass is 9.79. The van der Waals surface area contributed by atoms with Gasteiger partial charge in [0.2, 0.25) is 0 Å². The van der Waals surface area contributed by atoms with E-state index in [4.69, 9.17) is 5.11 Å². The number of carboxylic acids is 1. The van der Waals surface area contributed by atoms with Crippen LogP contribution in [0.25, 0.3) is 0 Å². The van der Waals surface area contributed by atoms with E-state index < -0.39 is 5.97 Å². The zero-order valence-corrected chi connectivity index (χ0v) is 10.6. The average molecular weight is 263 g/mol. The highest BCUT2D eigenvalue weighted by atomic mass is 16.4. The molecule has 0 unspecified atom stereocenters. The van der Waals surface area contributed by atoms with Crippen molar-refractivity contribution in [2.24, 2.45) is 11.8 Å². The Morgan fingerprint density at radius 2 is 2.11 bits per heavy atom. The van der Waals surface area contributed by atoms with Crippen molar-refractivity contribution in [3.8, 4) is 0 Å². The number of nitrogens with one attached hydrogen (secondary N) is 1. The summed E-state index contributed by atoms with van der Waals surface area (Å²) in [5.74, 6) is -1.41. The summed E-state index contributed by atoms with van der Waals surface area (Å²) in [6.45, 7) is 0.381. The van der Waals surface area contributed by atoms with Crippen molar-refractivity contribution < 1.29 is 14.7 Å². The number of carbonyl (C=O) groups is 2. The van der Waals surface area contributed by atoms with Crippen molar-refractivity contribution in [2.45, 2.75) is 25.7 Å². The van der Waals surface area contributed by atoms with Crippen LogP contribution in [0.2, 0.25) is 0 Å². The quantitative estimate of drug-likeness (QED) is 0.848. The van der Waals surface area contributed by atoms with Crippen LogP contribution in [0.5, 0.6) is 0 Å². The van der Waals surface area contributed by atoms with Gasteiger partial charge in [0.15, 0.2) is 0 Å². The van der Waals surface area contributed by atoms with E-state index in [0.29, 0.717) is 13.0 Å². The Hall–Kier alpha value is -1.98. The molecule has 1 aromatic rings. The van der Waals surface area contributed by atoms with Crippen molar-refractivity contribution in [1.82, 2.24) is 15.3 Å². The predicted molar refractivity (Wildman–Crippen MR) is 67.4 cm³/mol. The minimum absolute atomic E-state index is 0.00636. The van der Waals surface area contributed by atoms with E-state index in [-0.39, 0.29) is 23.4 Å². The van der Waals surface area contributed by atoms with Gasteiger partial charge in [0.25, 0.3) is 5.91 Å². The summed E-state index contributed by atoms with van der Waals surface area (Å²) in [4.78, 5) is 30.7. The Morgan fingerprint density at radius 3 is 2.79 bits per heavy atom. The van der Waals surface area contributed by atoms with E-state index in [2.05, 4.69) is 15.3 Å². The molecular weight excluding hydrogens is 246 g/mol. The molecule has 1 saturated carbocycles. The van der Waals surface area contributed by atoms with E-state index >= 15 is 0 Å². The van der Waals surface area contributed by atoms with E-state index in [9.17, 15) is 9.59 Å². The number of rotatable bonds is 4. The molecule has 1 fully saturated rings. The number of carbonyl (C=O) groups excluding carboxylic acids is 1. The van der Waals surface area contributed by atoms with Gasteiger partial charge in [-0.3, -0.25) is 14.6 Å². The summed E-state index contributed by atoms with van der Waals surface area (Å²) in [5.41, 5.74) is 0.255. The second kappa shape index (κ2) is 6.26. The highest BCUT2D eigenvalue weighted by molar-refractivity contribution is 5.91. The van der Waals surface area contributed by atoms with Crippen LogP contribution in [0.3, 0.4) is 0 Å². The van der Waals surface area contributed by atoms with E-state index in [1.807, 2.05) is 0 Å². The van der Waals surface area contributed by atoms with Crippen molar-refractivity contribution in [3.05, 3.63) is 24.3 Å². The summed E-state index contributed by atoms with van der Waals surface area (Å²) in [6.07, 6.45) is 7.86. The van der Waals surface area contributed by atoms with Gasteiger partial charge in [0.1, 0.15) is 5.69 Å². The smallest absolute Gasteiger partial charge is 0.306 e. The second-order valence-electron chi connectivity index (χ2n) is 4.79. The third-order valence-corrected chi connectivity index (χ3v) is 3.55. The van der Waals surface area contributed by atoms with E-state index in [1.54, 1.807) is 0 Å². The maximum absolute atomic E-state index is 11.8. The van der Waals surface area contributed by atoms with Gasteiger partial charge in [-0.2, -0.15) is 0 Å². The number of carboxylic acid groups (broad SMARTS) is 1. The molecular formula is C13H17N3O3. The fraction of sp³-hybridized carbons (Fsp3) is 0.538. The molecule has 0 saturated heterocycles. The summed E-state index contributed by atoms with van der Waals surface area (Å²) >= 11 is 0. The van der Waals surface area contributed by atoms with Crippen LogP contribution in [-0.4, -0.2) is 33.5 Å². The zero-order chi connectivity index (χ0) is 13.7. The molecule has 0 bridgehead atoms. The van der Waals surface area contributed by atoms with Crippen LogP contribution in [0, 0.1) is 11.8 Å². The SMILES string of the molecule is O=C(NC[C@@H]1CCCC[C@@H]1C(=O)O)c1cnccn1. The largest absolute Gasteiger partial charge is 0.481 e. The molecule has 1 aliphatic carbocycles. The van der Waals surface area contributed by atoms with Gasteiger partial charge >= 0.3 is 5.97 Å².